The smallest absolute Gasteiger partial charge is 0.460 e. The number of hydrogen-bond acceptors (Lipinski definition) is 2. The lowest BCUT2D eigenvalue weighted by atomic mass is 9.88. The maximum absolute atomic E-state index is 13.8. The molecule has 0 aliphatic rings. The van der Waals surface area contributed by atoms with Gasteiger partial charge in [-0.1, -0.05) is 0 Å². The van der Waals surface area contributed by atoms with Gasteiger partial charge in [-0.25, -0.2) is 0 Å². The van der Waals surface area contributed by atoms with Crippen molar-refractivity contribution >= 4 is 11.8 Å². The lowest BCUT2D eigenvalue weighted by molar-refractivity contribution is -0.461. The van der Waals surface area contributed by atoms with Gasteiger partial charge >= 0.3 is 47.6 Å². The van der Waals surface area contributed by atoms with Gasteiger partial charge in [-0.2, -0.15) is 74.6 Å². The van der Waals surface area contributed by atoms with E-state index in [4.69, 9.17) is 7.48 Å². The first-order valence-electron chi connectivity index (χ1n) is 10.2. The maximum atomic E-state index is 13.8. The Balaban J connectivity index is 3.13. The van der Waals surface area contributed by atoms with E-state index in [1.807, 2.05) is 0 Å². The fourth-order valence-corrected chi connectivity index (χ4v) is 2.75. The SMILES string of the molecule is [2H][13CH]([2H])Sc1ccc(OCCCC(F)(F)C(F)(F)C(F)(F)C(F)(F)C(F)(F)C(F)(F)C(F)(F)C(F)(F)F)cc1. The largest absolute Gasteiger partial charge is 0.494 e. The molecule has 0 amide bonds. The highest BCUT2D eigenvalue weighted by Gasteiger charge is 2.95. The topological polar surface area (TPSA) is 9.23 Å². The van der Waals surface area contributed by atoms with Gasteiger partial charge in [0, 0.05) is 14.1 Å². The Morgan fingerprint density at radius 3 is 1.43 bits per heavy atom. The van der Waals surface area contributed by atoms with Crippen molar-refractivity contribution in [2.24, 2.45) is 0 Å². The molecule has 1 aromatic carbocycles. The average Bonchev–Trinajstić information content (AvgIpc) is 2.75. The summed E-state index contributed by atoms with van der Waals surface area (Å²) in [4.78, 5) is 0.335. The molecule has 0 radical (unpaired) electrons. The van der Waals surface area contributed by atoms with Gasteiger partial charge < -0.3 is 4.74 Å². The van der Waals surface area contributed by atoms with E-state index in [0.717, 1.165) is 12.1 Å². The number of halogens is 17. The molecule has 37 heavy (non-hydrogen) atoms. The second kappa shape index (κ2) is 10.1. The normalized spacial score (nSPS) is 16.1. The van der Waals surface area contributed by atoms with Crippen LogP contribution in [0.1, 0.15) is 15.6 Å². The summed E-state index contributed by atoms with van der Waals surface area (Å²) in [5.41, 5.74) is 0. The van der Waals surface area contributed by atoms with Crippen molar-refractivity contribution < 1.29 is 82.1 Å². The zero-order valence-corrected chi connectivity index (χ0v) is 18.1. The second-order valence-corrected chi connectivity index (χ2v) is 7.90. The quantitative estimate of drug-likeness (QED) is 0.103. The van der Waals surface area contributed by atoms with Crippen molar-refractivity contribution in [1.82, 2.24) is 0 Å². The molecule has 0 saturated carbocycles. The van der Waals surface area contributed by atoms with Crippen LogP contribution in [0.25, 0.3) is 0 Å². The molecule has 1 aromatic rings. The Morgan fingerprint density at radius 1 is 0.622 bits per heavy atom. The van der Waals surface area contributed by atoms with E-state index in [9.17, 15) is 74.6 Å². The molecule has 0 N–H and O–H groups in total. The highest BCUT2D eigenvalue weighted by atomic mass is 32.2. The van der Waals surface area contributed by atoms with Crippen molar-refractivity contribution in [1.29, 1.82) is 0 Å². The number of thioether (sulfide) groups is 1. The molecular formula is C18H13F17OS. The van der Waals surface area contributed by atoms with Gasteiger partial charge in [-0.05, 0) is 36.9 Å². The Labute approximate surface area is 203 Å². The summed E-state index contributed by atoms with van der Waals surface area (Å²) < 4.78 is 244. The van der Waals surface area contributed by atoms with Gasteiger partial charge in [0.2, 0.25) is 0 Å². The van der Waals surface area contributed by atoms with E-state index in [0.29, 0.717) is 16.7 Å². The van der Waals surface area contributed by atoms with E-state index < -0.39 is 73.3 Å². The first-order valence-corrected chi connectivity index (χ1v) is 9.95. The average molecular weight is 603 g/mol. The number of benzene rings is 1. The third-order valence-electron chi connectivity index (χ3n) is 4.65. The van der Waals surface area contributed by atoms with Crippen molar-refractivity contribution in [2.45, 2.75) is 65.4 Å². The van der Waals surface area contributed by atoms with Crippen molar-refractivity contribution in [2.75, 3.05) is 12.8 Å². The summed E-state index contributed by atoms with van der Waals surface area (Å²) in [6.45, 7) is -1.05. The van der Waals surface area contributed by atoms with Gasteiger partial charge in [0.25, 0.3) is 0 Å². The Bertz CT molecular complexity index is 963. The van der Waals surface area contributed by atoms with Crippen molar-refractivity contribution in [3.05, 3.63) is 24.3 Å². The van der Waals surface area contributed by atoms with E-state index in [1.54, 1.807) is 0 Å². The Morgan fingerprint density at radius 2 is 1.03 bits per heavy atom. The van der Waals surface area contributed by atoms with Crippen LogP contribution in [0.5, 0.6) is 5.75 Å². The third kappa shape index (κ3) is 5.37. The minimum Gasteiger partial charge on any atom is -0.494 e. The van der Waals surface area contributed by atoms with Crippen LogP contribution in [0, 0.1) is 0 Å². The van der Waals surface area contributed by atoms with Gasteiger partial charge in [0.05, 0.1) is 6.61 Å². The molecular weight excluding hydrogens is 588 g/mol. The summed E-state index contributed by atoms with van der Waals surface area (Å²) >= 11 is 0.717. The van der Waals surface area contributed by atoms with Crippen LogP contribution in [-0.2, 0) is 0 Å². The van der Waals surface area contributed by atoms with Crippen LogP contribution in [0.3, 0.4) is 0 Å². The molecule has 0 aliphatic carbocycles. The molecule has 1 nitrogen and oxygen atoms in total. The molecule has 0 heterocycles. The predicted molar refractivity (Wildman–Crippen MR) is 93.6 cm³/mol. The van der Waals surface area contributed by atoms with Crippen molar-refractivity contribution in [3.8, 4) is 5.75 Å². The lowest BCUT2D eigenvalue weighted by Crippen LogP contribution is -2.74. The minimum absolute atomic E-state index is 0.190. The molecule has 0 saturated heterocycles. The zero-order valence-electron chi connectivity index (χ0n) is 19.2. The third-order valence-corrected chi connectivity index (χ3v) is 5.20. The monoisotopic (exact) mass is 603 g/mol. The number of hydrogen-bond donors (Lipinski definition) is 0. The van der Waals surface area contributed by atoms with Crippen molar-refractivity contribution in [3.63, 3.8) is 0 Å². The number of rotatable bonds is 12. The van der Waals surface area contributed by atoms with Crippen LogP contribution in [0.4, 0.5) is 74.6 Å². The Hall–Kier alpha value is -1.82. The molecule has 0 fully saturated rings. The minimum atomic E-state index is -8.64. The fraction of sp³-hybridized carbons (Fsp3) is 0.667. The summed E-state index contributed by atoms with van der Waals surface area (Å²) in [5.74, 6) is -56.6. The van der Waals surface area contributed by atoms with Gasteiger partial charge in [-0.3, -0.25) is 0 Å². The second-order valence-electron chi connectivity index (χ2n) is 7.19. The molecule has 216 valence electrons. The van der Waals surface area contributed by atoms with Crippen LogP contribution in [0.2, 0.25) is 0 Å². The van der Waals surface area contributed by atoms with E-state index in [-0.39, 0.29) is 5.75 Å². The number of ether oxygens (including phenoxy) is 1. The van der Waals surface area contributed by atoms with Crippen LogP contribution >= 0.6 is 11.8 Å². The fourth-order valence-electron chi connectivity index (χ4n) is 2.45. The molecule has 0 spiro atoms. The highest BCUT2D eigenvalue weighted by Crippen LogP contribution is 2.64. The Kier molecular flexibility index (Phi) is 8.08. The first-order chi connectivity index (χ1) is 17.1. The van der Waals surface area contributed by atoms with Gasteiger partial charge in [0.1, 0.15) is 5.75 Å². The van der Waals surface area contributed by atoms with Gasteiger partial charge in [-0.15, -0.1) is 11.8 Å². The standard InChI is InChI=1S/C18H13F17OS/c1-37-10-5-3-9(4-6-10)36-8-2-7-11(19,20)12(21,22)13(23,24)14(25,26)15(27,28)16(29,30)17(31,32)18(33,34)35/h3-6H,2,7-8H2,1H3/i1+1D2. The lowest BCUT2D eigenvalue weighted by Gasteiger charge is -2.42. The summed E-state index contributed by atoms with van der Waals surface area (Å²) in [5, 5.41) is 0. The predicted octanol–water partition coefficient (Wildman–Crippen LogP) is 8.58. The zero-order chi connectivity index (χ0) is 31.1. The van der Waals surface area contributed by atoms with Crippen LogP contribution < -0.4 is 4.74 Å². The van der Waals surface area contributed by atoms with E-state index in [1.165, 1.54) is 12.1 Å². The summed E-state index contributed by atoms with van der Waals surface area (Å²) in [6.07, 6.45) is -13.1. The highest BCUT2D eigenvalue weighted by molar-refractivity contribution is 7.98. The molecule has 0 atom stereocenters. The number of alkyl halides is 17. The molecule has 0 aliphatic heterocycles. The van der Waals surface area contributed by atoms with Crippen LogP contribution in [0.15, 0.2) is 29.2 Å². The summed E-state index contributed by atoms with van der Waals surface area (Å²) in [6, 6.07) is 4.68. The molecule has 19 heteroatoms. The molecule has 0 bridgehead atoms. The summed E-state index contributed by atoms with van der Waals surface area (Å²) in [7, 11) is 0. The molecule has 0 aromatic heterocycles. The first kappa shape index (κ1) is 29.7. The van der Waals surface area contributed by atoms with E-state index >= 15 is 0 Å². The van der Waals surface area contributed by atoms with Crippen LogP contribution in [-0.4, -0.2) is 60.4 Å². The maximum Gasteiger partial charge on any atom is 0.460 e. The van der Waals surface area contributed by atoms with E-state index in [2.05, 4.69) is 0 Å². The molecule has 1 rings (SSSR count). The molecule has 0 unspecified atom stereocenters. The van der Waals surface area contributed by atoms with Gasteiger partial charge in [0.15, 0.2) is 0 Å².